The van der Waals surface area contributed by atoms with Crippen molar-refractivity contribution >= 4 is 27.5 Å². The molecule has 1 rings (SSSR count). The van der Waals surface area contributed by atoms with Crippen LogP contribution < -0.4 is 5.73 Å². The molecule has 1 aromatic rings. The van der Waals surface area contributed by atoms with Crippen molar-refractivity contribution in [3.8, 4) is 0 Å². The maximum atomic E-state index is 5.67. The molecule has 0 aliphatic heterocycles. The van der Waals surface area contributed by atoms with Crippen LogP contribution in [0.25, 0.3) is 0 Å². The first kappa shape index (κ1) is 8.97. The number of pyridine rings is 1. The summed E-state index contributed by atoms with van der Waals surface area (Å²) in [4.78, 5) is 4.11. The molecule has 4 heteroatoms. The number of rotatable bonds is 2. The van der Waals surface area contributed by atoms with Crippen LogP contribution >= 0.6 is 27.5 Å². The lowest BCUT2D eigenvalue weighted by Gasteiger charge is -2.02. The van der Waals surface area contributed by atoms with Gasteiger partial charge >= 0.3 is 0 Å². The van der Waals surface area contributed by atoms with E-state index in [1.165, 1.54) is 0 Å². The fraction of sp³-hybridized carbons (Fsp3) is 0.286. The van der Waals surface area contributed by atoms with Crippen molar-refractivity contribution in [2.24, 2.45) is 5.73 Å². The van der Waals surface area contributed by atoms with Gasteiger partial charge in [-0.15, -0.1) is 11.6 Å². The number of halogens is 2. The highest BCUT2D eigenvalue weighted by Crippen LogP contribution is 2.15. The molecule has 0 saturated heterocycles. The van der Waals surface area contributed by atoms with Crippen LogP contribution in [0.4, 0.5) is 0 Å². The molecule has 0 fully saturated rings. The lowest BCUT2D eigenvalue weighted by Crippen LogP contribution is -2.03. The number of hydrogen-bond acceptors (Lipinski definition) is 2. The summed E-state index contributed by atoms with van der Waals surface area (Å²) in [6.07, 6.45) is 1.72. The van der Waals surface area contributed by atoms with Crippen LogP contribution in [0, 0.1) is 0 Å². The maximum Gasteiger partial charge on any atom is 0.0584 e. The molecule has 0 aliphatic carbocycles. The molecule has 11 heavy (non-hydrogen) atoms. The van der Waals surface area contributed by atoms with Gasteiger partial charge in [0.2, 0.25) is 0 Å². The Morgan fingerprint density at radius 1 is 1.64 bits per heavy atom. The second-order valence-corrected chi connectivity index (χ2v) is 3.28. The normalized spacial score (nSPS) is 10.1. The summed E-state index contributed by atoms with van der Waals surface area (Å²) in [7, 11) is 0. The van der Waals surface area contributed by atoms with Crippen LogP contribution in [0.1, 0.15) is 11.3 Å². The molecule has 2 nitrogen and oxygen atoms in total. The van der Waals surface area contributed by atoms with E-state index in [1.54, 1.807) is 6.20 Å². The maximum absolute atomic E-state index is 5.67. The zero-order chi connectivity index (χ0) is 8.27. The van der Waals surface area contributed by atoms with E-state index in [2.05, 4.69) is 20.9 Å². The molecule has 2 N–H and O–H groups in total. The van der Waals surface area contributed by atoms with Crippen LogP contribution in [-0.4, -0.2) is 4.98 Å². The van der Waals surface area contributed by atoms with Crippen LogP contribution in [0.15, 0.2) is 16.7 Å². The minimum absolute atomic E-state index is 0.440. The molecule has 0 amide bonds. The molecule has 60 valence electrons. The summed E-state index contributed by atoms with van der Waals surface area (Å²) in [5, 5.41) is 0. The zero-order valence-corrected chi connectivity index (χ0v) is 8.19. The SMILES string of the molecule is NCc1ncc(Br)cc1CCl. The van der Waals surface area contributed by atoms with Gasteiger partial charge in [0.1, 0.15) is 0 Å². The van der Waals surface area contributed by atoms with Crippen molar-refractivity contribution in [2.45, 2.75) is 12.4 Å². The Labute approximate surface area is 78.9 Å². The Hall–Kier alpha value is -0.120. The second-order valence-electron chi connectivity index (χ2n) is 2.10. The predicted octanol–water partition coefficient (Wildman–Crippen LogP) is 2.04. The third-order valence-corrected chi connectivity index (χ3v) is 2.09. The van der Waals surface area contributed by atoms with E-state index in [1.807, 2.05) is 6.07 Å². The van der Waals surface area contributed by atoms with Gasteiger partial charge in [-0.25, -0.2) is 0 Å². The van der Waals surface area contributed by atoms with E-state index in [-0.39, 0.29) is 0 Å². The Morgan fingerprint density at radius 3 is 2.91 bits per heavy atom. The molecule has 0 radical (unpaired) electrons. The molecule has 0 bridgehead atoms. The number of aromatic nitrogens is 1. The standard InChI is InChI=1S/C7H8BrClN2/c8-6-1-5(2-9)7(3-10)11-4-6/h1,4H,2-3,10H2. The highest BCUT2D eigenvalue weighted by molar-refractivity contribution is 9.10. The first-order valence-corrected chi connectivity index (χ1v) is 4.50. The van der Waals surface area contributed by atoms with Crippen molar-refractivity contribution in [1.29, 1.82) is 0 Å². The lowest BCUT2D eigenvalue weighted by molar-refractivity contribution is 0.960. The van der Waals surface area contributed by atoms with Gasteiger partial charge in [0, 0.05) is 23.1 Å². The predicted molar refractivity (Wildman–Crippen MR) is 49.4 cm³/mol. The summed E-state index contributed by atoms with van der Waals surface area (Å²) in [6.45, 7) is 0.440. The highest BCUT2D eigenvalue weighted by atomic mass is 79.9. The van der Waals surface area contributed by atoms with Crippen LogP contribution in [0.3, 0.4) is 0 Å². The number of nitrogens with zero attached hydrogens (tertiary/aromatic N) is 1. The summed E-state index contributed by atoms with van der Waals surface area (Å²) in [5.74, 6) is 0.457. The Kier molecular flexibility index (Phi) is 3.30. The van der Waals surface area contributed by atoms with E-state index >= 15 is 0 Å². The molecule has 0 aromatic carbocycles. The van der Waals surface area contributed by atoms with Crippen molar-refractivity contribution < 1.29 is 0 Å². The van der Waals surface area contributed by atoms with Gasteiger partial charge in [0.25, 0.3) is 0 Å². The fourth-order valence-corrected chi connectivity index (χ4v) is 1.42. The molecule has 0 aliphatic rings. The van der Waals surface area contributed by atoms with Gasteiger partial charge in [-0.3, -0.25) is 4.98 Å². The van der Waals surface area contributed by atoms with Crippen LogP contribution in [0.5, 0.6) is 0 Å². The Bertz CT molecular complexity index is 252. The quantitative estimate of drug-likeness (QED) is 0.797. The molecule has 0 spiro atoms. The van der Waals surface area contributed by atoms with Crippen molar-refractivity contribution in [3.05, 3.63) is 28.0 Å². The topological polar surface area (TPSA) is 38.9 Å². The molecule has 1 heterocycles. The van der Waals surface area contributed by atoms with E-state index in [4.69, 9.17) is 17.3 Å². The first-order chi connectivity index (χ1) is 5.27. The van der Waals surface area contributed by atoms with Gasteiger partial charge in [0.15, 0.2) is 0 Å². The van der Waals surface area contributed by atoms with Gasteiger partial charge in [-0.2, -0.15) is 0 Å². The van der Waals surface area contributed by atoms with Crippen LogP contribution in [0.2, 0.25) is 0 Å². The lowest BCUT2D eigenvalue weighted by atomic mass is 10.2. The second kappa shape index (κ2) is 4.04. The highest BCUT2D eigenvalue weighted by Gasteiger charge is 2.00. The van der Waals surface area contributed by atoms with Crippen molar-refractivity contribution in [2.75, 3.05) is 0 Å². The van der Waals surface area contributed by atoms with Crippen molar-refractivity contribution in [3.63, 3.8) is 0 Å². The third kappa shape index (κ3) is 2.15. The van der Waals surface area contributed by atoms with Crippen molar-refractivity contribution in [1.82, 2.24) is 4.98 Å². The summed E-state index contributed by atoms with van der Waals surface area (Å²) < 4.78 is 0.936. The minimum atomic E-state index is 0.440. The van der Waals surface area contributed by atoms with E-state index in [9.17, 15) is 0 Å². The monoisotopic (exact) mass is 234 g/mol. The number of alkyl halides is 1. The molecular formula is C7H8BrClN2. The van der Waals surface area contributed by atoms with E-state index in [0.29, 0.717) is 12.4 Å². The van der Waals surface area contributed by atoms with Gasteiger partial charge in [-0.1, -0.05) is 0 Å². The molecule has 0 saturated carbocycles. The third-order valence-electron chi connectivity index (χ3n) is 1.36. The average molecular weight is 236 g/mol. The van der Waals surface area contributed by atoms with E-state index < -0.39 is 0 Å². The largest absolute Gasteiger partial charge is 0.325 e. The fourth-order valence-electron chi connectivity index (χ4n) is 0.809. The molecular weight excluding hydrogens is 227 g/mol. The number of nitrogens with two attached hydrogens (primary N) is 1. The van der Waals surface area contributed by atoms with Gasteiger partial charge in [0.05, 0.1) is 5.69 Å². The first-order valence-electron chi connectivity index (χ1n) is 3.17. The molecule has 1 aromatic heterocycles. The average Bonchev–Trinajstić information content (AvgIpc) is 2.04. The summed E-state index contributed by atoms with van der Waals surface area (Å²) >= 11 is 8.97. The zero-order valence-electron chi connectivity index (χ0n) is 5.85. The molecule has 0 unspecified atom stereocenters. The van der Waals surface area contributed by atoms with Gasteiger partial charge in [-0.05, 0) is 27.6 Å². The van der Waals surface area contributed by atoms with E-state index in [0.717, 1.165) is 15.7 Å². The summed E-state index contributed by atoms with van der Waals surface area (Å²) in [5.41, 5.74) is 7.29. The number of hydrogen-bond donors (Lipinski definition) is 1. The Morgan fingerprint density at radius 2 is 2.36 bits per heavy atom. The smallest absolute Gasteiger partial charge is 0.0584 e. The van der Waals surface area contributed by atoms with Gasteiger partial charge < -0.3 is 5.73 Å². The van der Waals surface area contributed by atoms with Crippen LogP contribution in [-0.2, 0) is 12.4 Å². The minimum Gasteiger partial charge on any atom is -0.325 e. The Balaban J connectivity index is 3.06. The summed E-state index contributed by atoms with van der Waals surface area (Å²) in [6, 6.07) is 1.93. The molecule has 0 atom stereocenters.